The molecule has 1 amide bonds. The summed E-state index contributed by atoms with van der Waals surface area (Å²) in [6.07, 6.45) is 4.46. The quantitative estimate of drug-likeness (QED) is 0.553. The maximum Gasteiger partial charge on any atom is 0.254 e. The molecular weight excluding hydrogens is 222 g/mol. The Bertz CT molecular complexity index is 416. The number of hydrogen-bond donors (Lipinski definition) is 0. The monoisotopic (exact) mass is 243 g/mol. The van der Waals surface area contributed by atoms with Gasteiger partial charge in [-0.05, 0) is 25.8 Å². The maximum absolute atomic E-state index is 12.4. The van der Waals surface area contributed by atoms with Crippen LogP contribution in [-0.2, 0) is 4.79 Å². The van der Waals surface area contributed by atoms with Gasteiger partial charge in [0, 0.05) is 18.7 Å². The molecule has 0 saturated carbocycles. The Kier molecular flexibility index (Phi) is 5.92. The van der Waals surface area contributed by atoms with E-state index >= 15 is 0 Å². The molecule has 0 aliphatic heterocycles. The molecule has 0 saturated heterocycles. The molecular formula is C16H21NO. The molecule has 0 N–H and O–H groups in total. The van der Waals surface area contributed by atoms with E-state index in [2.05, 4.69) is 6.58 Å². The highest BCUT2D eigenvalue weighted by atomic mass is 16.2. The van der Waals surface area contributed by atoms with Gasteiger partial charge in [-0.15, -0.1) is 6.58 Å². The number of hydrogen-bond acceptors (Lipinski definition) is 1. The van der Waals surface area contributed by atoms with Crippen molar-refractivity contribution in [1.29, 1.82) is 0 Å². The molecule has 0 radical (unpaired) electrons. The van der Waals surface area contributed by atoms with Crippen LogP contribution in [0.15, 0.2) is 49.1 Å². The number of likely N-dealkylation sites (N-methyl/N-ethyl adjacent to an activating group) is 1. The molecule has 0 aliphatic rings. The first-order valence-corrected chi connectivity index (χ1v) is 6.40. The standard InChI is InChI=1S/C16H21NO/c1-4-7-13-15(14-11-9-8-10-12-14)16(18)17(5-2)6-3/h4,8-13H,1,5-7H2,2-3H3/b15-13-. The fourth-order valence-electron chi connectivity index (χ4n) is 1.83. The van der Waals surface area contributed by atoms with E-state index in [1.165, 1.54) is 0 Å². The normalized spacial score (nSPS) is 11.1. The van der Waals surface area contributed by atoms with Crippen LogP contribution in [0, 0.1) is 0 Å². The second-order valence-electron chi connectivity index (χ2n) is 3.99. The maximum atomic E-state index is 12.4. The highest BCUT2D eigenvalue weighted by Gasteiger charge is 2.16. The summed E-state index contributed by atoms with van der Waals surface area (Å²) >= 11 is 0. The van der Waals surface area contributed by atoms with E-state index in [-0.39, 0.29) is 5.91 Å². The third-order valence-electron chi connectivity index (χ3n) is 2.85. The summed E-state index contributed by atoms with van der Waals surface area (Å²) in [5.74, 6) is 0.0908. The van der Waals surface area contributed by atoms with Crippen molar-refractivity contribution in [3.05, 3.63) is 54.6 Å². The lowest BCUT2D eigenvalue weighted by molar-refractivity contribution is -0.124. The Labute approximate surface area is 110 Å². The van der Waals surface area contributed by atoms with Crippen LogP contribution in [0.5, 0.6) is 0 Å². The zero-order chi connectivity index (χ0) is 13.4. The number of carbonyl (C=O) groups is 1. The molecule has 2 nitrogen and oxygen atoms in total. The van der Waals surface area contributed by atoms with Crippen molar-refractivity contribution in [1.82, 2.24) is 4.90 Å². The molecule has 0 aliphatic carbocycles. The molecule has 1 rings (SSSR count). The van der Waals surface area contributed by atoms with Crippen LogP contribution in [0.3, 0.4) is 0 Å². The van der Waals surface area contributed by atoms with Gasteiger partial charge in [-0.2, -0.15) is 0 Å². The SMILES string of the molecule is C=CC/C=C(\C(=O)N(CC)CC)c1ccccc1. The molecule has 0 heterocycles. The third kappa shape index (κ3) is 3.59. The Morgan fingerprint density at radius 2 is 1.83 bits per heavy atom. The number of carbonyl (C=O) groups excluding carboxylic acids is 1. The smallest absolute Gasteiger partial charge is 0.254 e. The second kappa shape index (κ2) is 7.49. The topological polar surface area (TPSA) is 20.3 Å². The van der Waals surface area contributed by atoms with Gasteiger partial charge in [0.05, 0.1) is 0 Å². The molecule has 0 atom stereocenters. The van der Waals surface area contributed by atoms with Gasteiger partial charge in [0.1, 0.15) is 0 Å². The minimum atomic E-state index is 0.0908. The van der Waals surface area contributed by atoms with Crippen molar-refractivity contribution in [3.63, 3.8) is 0 Å². The van der Waals surface area contributed by atoms with Crippen LogP contribution >= 0.6 is 0 Å². The van der Waals surface area contributed by atoms with Crippen molar-refractivity contribution < 1.29 is 4.79 Å². The van der Waals surface area contributed by atoms with Crippen LogP contribution in [0.25, 0.3) is 5.57 Å². The molecule has 0 spiro atoms. The highest BCUT2D eigenvalue weighted by Crippen LogP contribution is 2.18. The molecule has 96 valence electrons. The Balaban J connectivity index is 3.07. The summed E-state index contributed by atoms with van der Waals surface area (Å²) in [5, 5.41) is 0. The molecule has 18 heavy (non-hydrogen) atoms. The van der Waals surface area contributed by atoms with Crippen molar-refractivity contribution in [3.8, 4) is 0 Å². The first-order chi connectivity index (χ1) is 8.74. The van der Waals surface area contributed by atoms with Crippen molar-refractivity contribution in [2.24, 2.45) is 0 Å². The van der Waals surface area contributed by atoms with Crippen molar-refractivity contribution in [2.45, 2.75) is 20.3 Å². The van der Waals surface area contributed by atoms with E-state index in [1.807, 2.05) is 55.2 Å². The zero-order valence-electron chi connectivity index (χ0n) is 11.2. The average Bonchev–Trinajstić information content (AvgIpc) is 2.42. The molecule has 0 bridgehead atoms. The Morgan fingerprint density at radius 3 is 2.33 bits per heavy atom. The minimum absolute atomic E-state index is 0.0908. The van der Waals surface area contributed by atoms with Crippen LogP contribution < -0.4 is 0 Å². The van der Waals surface area contributed by atoms with E-state index in [1.54, 1.807) is 6.08 Å². The van der Waals surface area contributed by atoms with Crippen LogP contribution in [-0.4, -0.2) is 23.9 Å². The third-order valence-corrected chi connectivity index (χ3v) is 2.85. The lowest BCUT2D eigenvalue weighted by atomic mass is 10.0. The van der Waals surface area contributed by atoms with Gasteiger partial charge in [-0.3, -0.25) is 4.79 Å². The van der Waals surface area contributed by atoms with Gasteiger partial charge in [-0.1, -0.05) is 42.5 Å². The Morgan fingerprint density at radius 1 is 1.22 bits per heavy atom. The van der Waals surface area contributed by atoms with E-state index in [9.17, 15) is 4.79 Å². The first-order valence-electron chi connectivity index (χ1n) is 6.40. The van der Waals surface area contributed by atoms with Crippen LogP contribution in [0.1, 0.15) is 25.8 Å². The first kappa shape index (κ1) is 14.2. The fraction of sp³-hybridized carbons (Fsp3) is 0.312. The molecule has 0 unspecified atom stereocenters. The average molecular weight is 243 g/mol. The summed E-state index contributed by atoms with van der Waals surface area (Å²) in [7, 11) is 0. The van der Waals surface area contributed by atoms with Gasteiger partial charge in [0.15, 0.2) is 0 Å². The van der Waals surface area contributed by atoms with Gasteiger partial charge in [0.2, 0.25) is 0 Å². The van der Waals surface area contributed by atoms with Crippen LogP contribution in [0.2, 0.25) is 0 Å². The lowest BCUT2D eigenvalue weighted by Crippen LogP contribution is -2.31. The van der Waals surface area contributed by atoms with E-state index in [4.69, 9.17) is 0 Å². The van der Waals surface area contributed by atoms with Crippen LogP contribution in [0.4, 0.5) is 0 Å². The molecule has 0 fully saturated rings. The van der Waals surface area contributed by atoms with E-state index in [0.717, 1.165) is 24.2 Å². The molecule has 0 aromatic heterocycles. The lowest BCUT2D eigenvalue weighted by Gasteiger charge is -2.20. The fourth-order valence-corrected chi connectivity index (χ4v) is 1.83. The highest BCUT2D eigenvalue weighted by molar-refractivity contribution is 6.19. The summed E-state index contributed by atoms with van der Waals surface area (Å²) < 4.78 is 0. The molecule has 2 heteroatoms. The van der Waals surface area contributed by atoms with Gasteiger partial charge in [-0.25, -0.2) is 0 Å². The predicted octanol–water partition coefficient (Wildman–Crippen LogP) is 3.51. The summed E-state index contributed by atoms with van der Waals surface area (Å²) in [6.45, 7) is 9.16. The van der Waals surface area contributed by atoms with Crippen molar-refractivity contribution in [2.75, 3.05) is 13.1 Å². The molecule has 1 aromatic carbocycles. The zero-order valence-corrected chi connectivity index (χ0v) is 11.2. The summed E-state index contributed by atoms with van der Waals surface area (Å²) in [6, 6.07) is 9.79. The number of allylic oxidation sites excluding steroid dienone is 2. The Hall–Kier alpha value is -1.83. The largest absolute Gasteiger partial charge is 0.339 e. The van der Waals surface area contributed by atoms with Gasteiger partial charge in [0.25, 0.3) is 5.91 Å². The summed E-state index contributed by atoms with van der Waals surface area (Å²) in [5.41, 5.74) is 1.73. The second-order valence-corrected chi connectivity index (χ2v) is 3.99. The van der Waals surface area contributed by atoms with Gasteiger partial charge >= 0.3 is 0 Å². The number of amides is 1. The van der Waals surface area contributed by atoms with E-state index < -0.39 is 0 Å². The number of benzene rings is 1. The van der Waals surface area contributed by atoms with Gasteiger partial charge < -0.3 is 4.90 Å². The predicted molar refractivity (Wildman–Crippen MR) is 77.2 cm³/mol. The van der Waals surface area contributed by atoms with E-state index in [0.29, 0.717) is 6.42 Å². The summed E-state index contributed by atoms with van der Waals surface area (Å²) in [4.78, 5) is 14.3. The number of rotatable bonds is 6. The molecule has 1 aromatic rings. The number of nitrogens with zero attached hydrogens (tertiary/aromatic N) is 1. The minimum Gasteiger partial charge on any atom is -0.339 e. The van der Waals surface area contributed by atoms with Crippen molar-refractivity contribution >= 4 is 11.5 Å².